The molecule has 1 atom stereocenters. The van der Waals surface area contributed by atoms with Crippen molar-refractivity contribution in [2.24, 2.45) is 5.92 Å². The van der Waals surface area contributed by atoms with Gasteiger partial charge in [-0.3, -0.25) is 0 Å². The third-order valence-electron chi connectivity index (χ3n) is 4.41. The van der Waals surface area contributed by atoms with Crippen molar-refractivity contribution in [3.05, 3.63) is 23.3 Å². The third-order valence-corrected chi connectivity index (χ3v) is 5.36. The summed E-state index contributed by atoms with van der Waals surface area (Å²) in [6.45, 7) is 2.14. The van der Waals surface area contributed by atoms with E-state index in [1.54, 1.807) is 14.2 Å². The highest BCUT2D eigenvalue weighted by Crippen LogP contribution is 2.39. The van der Waals surface area contributed by atoms with Gasteiger partial charge in [-0.1, -0.05) is 41.6 Å². The molecule has 0 amide bonds. The predicted octanol–water partition coefficient (Wildman–Crippen LogP) is 5.42. The average Bonchev–Trinajstić information content (AvgIpc) is 2.97. The van der Waals surface area contributed by atoms with Gasteiger partial charge in [-0.25, -0.2) is 0 Å². The smallest absolute Gasteiger partial charge is 0.161 e. The zero-order chi connectivity index (χ0) is 14.5. The molecule has 1 fully saturated rings. The Hall–Kier alpha value is -0.700. The van der Waals surface area contributed by atoms with Crippen LogP contribution in [-0.4, -0.2) is 14.2 Å². The van der Waals surface area contributed by atoms with Gasteiger partial charge in [0.2, 0.25) is 0 Å². The number of ether oxygens (including phenoxy) is 2. The molecule has 0 radical (unpaired) electrons. The molecule has 2 rings (SSSR count). The first kappa shape index (κ1) is 15.7. The fraction of sp³-hybridized carbons (Fsp3) is 0.647. The summed E-state index contributed by atoms with van der Waals surface area (Å²) in [5, 5.41) is 0. The lowest BCUT2D eigenvalue weighted by Crippen LogP contribution is -2.01. The number of alkyl halides is 1. The van der Waals surface area contributed by atoms with Gasteiger partial charge < -0.3 is 9.47 Å². The first-order valence-corrected chi connectivity index (χ1v) is 8.44. The van der Waals surface area contributed by atoms with Crippen LogP contribution in [0.5, 0.6) is 11.5 Å². The molecule has 0 heterocycles. The second-order valence-corrected chi connectivity index (χ2v) is 6.86. The highest BCUT2D eigenvalue weighted by Gasteiger charge is 2.19. The van der Waals surface area contributed by atoms with Crippen LogP contribution in [0.4, 0.5) is 0 Å². The lowest BCUT2D eigenvalue weighted by atomic mass is 9.96. The Kier molecular flexibility index (Phi) is 5.76. The third kappa shape index (κ3) is 3.69. The van der Waals surface area contributed by atoms with Gasteiger partial charge in [-0.2, -0.15) is 0 Å². The Morgan fingerprint density at radius 2 is 1.75 bits per heavy atom. The summed E-state index contributed by atoms with van der Waals surface area (Å²) in [4.78, 5) is 0.405. The van der Waals surface area contributed by atoms with Crippen molar-refractivity contribution < 1.29 is 9.47 Å². The number of rotatable bonds is 6. The molecule has 0 N–H and O–H groups in total. The SMILES string of the molecule is COc1cc(C)c(C(Br)CCC2CCCC2)cc1OC. The molecule has 2 nitrogen and oxygen atoms in total. The molecule has 20 heavy (non-hydrogen) atoms. The zero-order valence-electron chi connectivity index (χ0n) is 12.7. The minimum atomic E-state index is 0.405. The minimum absolute atomic E-state index is 0.405. The molecular weight excluding hydrogens is 316 g/mol. The van der Waals surface area contributed by atoms with E-state index in [4.69, 9.17) is 9.47 Å². The van der Waals surface area contributed by atoms with Gasteiger partial charge >= 0.3 is 0 Å². The number of halogens is 1. The molecule has 1 aliphatic carbocycles. The molecule has 0 bridgehead atoms. The van der Waals surface area contributed by atoms with E-state index in [0.29, 0.717) is 4.83 Å². The molecule has 0 aliphatic heterocycles. The Balaban J connectivity index is 2.06. The number of benzene rings is 1. The largest absolute Gasteiger partial charge is 0.493 e. The van der Waals surface area contributed by atoms with Gasteiger partial charge in [0.15, 0.2) is 11.5 Å². The van der Waals surface area contributed by atoms with Crippen LogP contribution in [0.2, 0.25) is 0 Å². The maximum absolute atomic E-state index is 5.41. The monoisotopic (exact) mass is 340 g/mol. The van der Waals surface area contributed by atoms with E-state index in [1.807, 2.05) is 0 Å². The van der Waals surface area contributed by atoms with Crippen LogP contribution in [-0.2, 0) is 0 Å². The molecule has 1 saturated carbocycles. The summed E-state index contributed by atoms with van der Waals surface area (Å²) in [7, 11) is 3.38. The number of hydrogen-bond donors (Lipinski definition) is 0. The number of methoxy groups -OCH3 is 2. The molecule has 1 aromatic rings. The topological polar surface area (TPSA) is 18.5 Å². The van der Waals surface area contributed by atoms with Crippen LogP contribution in [0.25, 0.3) is 0 Å². The van der Waals surface area contributed by atoms with Crippen LogP contribution < -0.4 is 9.47 Å². The van der Waals surface area contributed by atoms with Crippen molar-refractivity contribution in [1.82, 2.24) is 0 Å². The molecule has 3 heteroatoms. The lowest BCUT2D eigenvalue weighted by molar-refractivity contribution is 0.354. The molecular formula is C17H25BrO2. The Morgan fingerprint density at radius 3 is 2.35 bits per heavy atom. The maximum atomic E-state index is 5.41. The molecule has 1 unspecified atom stereocenters. The van der Waals surface area contributed by atoms with Crippen molar-refractivity contribution in [3.63, 3.8) is 0 Å². The fourth-order valence-electron chi connectivity index (χ4n) is 3.17. The van der Waals surface area contributed by atoms with Crippen LogP contribution >= 0.6 is 15.9 Å². The molecule has 0 spiro atoms. The summed E-state index contributed by atoms with van der Waals surface area (Å²) < 4.78 is 10.8. The minimum Gasteiger partial charge on any atom is -0.493 e. The van der Waals surface area contributed by atoms with Gasteiger partial charge in [0.1, 0.15) is 0 Å². The highest BCUT2D eigenvalue weighted by molar-refractivity contribution is 9.09. The van der Waals surface area contributed by atoms with E-state index in [-0.39, 0.29) is 0 Å². The van der Waals surface area contributed by atoms with Crippen molar-refractivity contribution in [2.75, 3.05) is 14.2 Å². The first-order valence-electron chi connectivity index (χ1n) is 7.52. The van der Waals surface area contributed by atoms with Gasteiger partial charge in [-0.15, -0.1) is 0 Å². The van der Waals surface area contributed by atoms with E-state index in [0.717, 1.165) is 17.4 Å². The summed E-state index contributed by atoms with van der Waals surface area (Å²) in [5.41, 5.74) is 2.58. The van der Waals surface area contributed by atoms with E-state index in [9.17, 15) is 0 Å². The van der Waals surface area contributed by atoms with Gasteiger partial charge in [0.25, 0.3) is 0 Å². The maximum Gasteiger partial charge on any atom is 0.161 e. The van der Waals surface area contributed by atoms with Gasteiger partial charge in [0.05, 0.1) is 14.2 Å². The molecule has 0 saturated heterocycles. The van der Waals surface area contributed by atoms with E-state index in [1.165, 1.54) is 49.7 Å². The molecule has 1 aliphatic rings. The van der Waals surface area contributed by atoms with Crippen LogP contribution in [0.1, 0.15) is 54.5 Å². The molecule has 1 aromatic carbocycles. The lowest BCUT2D eigenvalue weighted by Gasteiger charge is -2.18. The van der Waals surface area contributed by atoms with Gasteiger partial charge in [-0.05, 0) is 48.9 Å². The first-order chi connectivity index (χ1) is 9.65. The van der Waals surface area contributed by atoms with Crippen LogP contribution in [0.3, 0.4) is 0 Å². The normalized spacial score (nSPS) is 17.2. The predicted molar refractivity (Wildman–Crippen MR) is 87.1 cm³/mol. The molecule has 0 aromatic heterocycles. The quantitative estimate of drug-likeness (QED) is 0.643. The van der Waals surface area contributed by atoms with Crippen LogP contribution in [0.15, 0.2) is 12.1 Å². The van der Waals surface area contributed by atoms with Crippen molar-refractivity contribution in [1.29, 1.82) is 0 Å². The Labute approximate surface area is 131 Å². The fourth-order valence-corrected chi connectivity index (χ4v) is 3.93. The average molecular weight is 341 g/mol. The number of hydrogen-bond acceptors (Lipinski definition) is 2. The highest BCUT2D eigenvalue weighted by atomic mass is 79.9. The van der Waals surface area contributed by atoms with Crippen molar-refractivity contribution >= 4 is 15.9 Å². The Morgan fingerprint density at radius 1 is 1.15 bits per heavy atom. The Bertz CT molecular complexity index is 439. The van der Waals surface area contributed by atoms with E-state index >= 15 is 0 Å². The van der Waals surface area contributed by atoms with Crippen LogP contribution in [0, 0.1) is 12.8 Å². The van der Waals surface area contributed by atoms with Gasteiger partial charge in [0, 0.05) is 4.83 Å². The summed E-state index contributed by atoms with van der Waals surface area (Å²) in [6.07, 6.45) is 8.21. The van der Waals surface area contributed by atoms with Crippen molar-refractivity contribution in [2.45, 2.75) is 50.3 Å². The van der Waals surface area contributed by atoms with Crippen molar-refractivity contribution in [3.8, 4) is 11.5 Å². The zero-order valence-corrected chi connectivity index (χ0v) is 14.3. The second kappa shape index (κ2) is 7.35. The van der Waals surface area contributed by atoms with E-state index < -0.39 is 0 Å². The standard InChI is InChI=1S/C17H25BrO2/c1-12-10-16(19-2)17(20-3)11-14(12)15(18)9-8-13-6-4-5-7-13/h10-11,13,15H,4-9H2,1-3H3. The number of aryl methyl sites for hydroxylation is 1. The second-order valence-electron chi connectivity index (χ2n) is 5.76. The molecule has 112 valence electrons. The summed E-state index contributed by atoms with van der Waals surface area (Å²) in [5.74, 6) is 2.57. The van der Waals surface area contributed by atoms with E-state index in [2.05, 4.69) is 35.0 Å². The summed E-state index contributed by atoms with van der Waals surface area (Å²) >= 11 is 3.86. The summed E-state index contributed by atoms with van der Waals surface area (Å²) in [6, 6.07) is 4.18.